The quantitative estimate of drug-likeness (QED) is 0.495. The predicted octanol–water partition coefficient (Wildman–Crippen LogP) is 0.752. The molecule has 8 nitrogen and oxygen atoms in total. The van der Waals surface area contributed by atoms with E-state index in [0.717, 1.165) is 24.5 Å². The molecule has 19 heavy (non-hydrogen) atoms. The molecule has 0 aromatic carbocycles. The van der Waals surface area contributed by atoms with E-state index >= 15 is 0 Å². The number of nitrogens with zero attached hydrogens (tertiary/aromatic N) is 4. The zero-order valence-electron chi connectivity index (χ0n) is 10.8. The van der Waals surface area contributed by atoms with Gasteiger partial charge in [-0.1, -0.05) is 12.1 Å². The second-order valence-corrected chi connectivity index (χ2v) is 3.96. The molecule has 0 radical (unpaired) electrons. The molecule has 0 aliphatic heterocycles. The summed E-state index contributed by atoms with van der Waals surface area (Å²) in [7, 11) is 0. The Morgan fingerprint density at radius 2 is 2.11 bits per heavy atom. The first-order valence-corrected chi connectivity index (χ1v) is 6.15. The largest absolute Gasteiger partial charge is 0.369 e. The molecule has 0 bridgehead atoms. The van der Waals surface area contributed by atoms with Gasteiger partial charge in [0.1, 0.15) is 17.5 Å². The van der Waals surface area contributed by atoms with Gasteiger partial charge in [0.25, 0.3) is 0 Å². The third-order valence-corrected chi connectivity index (χ3v) is 2.45. The van der Waals surface area contributed by atoms with Gasteiger partial charge in [0, 0.05) is 25.5 Å². The second-order valence-electron chi connectivity index (χ2n) is 3.96. The van der Waals surface area contributed by atoms with E-state index in [9.17, 15) is 0 Å². The van der Waals surface area contributed by atoms with Crippen molar-refractivity contribution in [2.75, 3.05) is 17.3 Å². The maximum atomic E-state index is 5.39. The highest BCUT2D eigenvalue weighted by molar-refractivity contribution is 5.46. The standard InChI is InChI=1S/C11H17N7O/c1-2-3-8-16-9(6-10(17-8)18-12)13-5-4-11-14-7-15-19-11/h6-7H,2-5,12H2,1H3,(H2,13,16,17,18). The molecule has 2 heterocycles. The summed E-state index contributed by atoms with van der Waals surface area (Å²) in [6, 6.07) is 1.76. The molecular formula is C11H17N7O. The molecule has 0 aliphatic rings. The molecule has 0 unspecified atom stereocenters. The van der Waals surface area contributed by atoms with E-state index in [2.05, 4.69) is 37.8 Å². The number of nitrogen functional groups attached to an aromatic ring is 1. The third-order valence-electron chi connectivity index (χ3n) is 2.45. The Kier molecular flexibility index (Phi) is 4.62. The smallest absolute Gasteiger partial charge is 0.228 e. The summed E-state index contributed by atoms with van der Waals surface area (Å²) in [5, 5.41) is 6.73. The zero-order valence-corrected chi connectivity index (χ0v) is 10.8. The molecule has 0 saturated heterocycles. The fourth-order valence-corrected chi connectivity index (χ4v) is 1.60. The molecule has 0 aliphatic carbocycles. The first-order chi connectivity index (χ1) is 9.31. The van der Waals surface area contributed by atoms with Crippen LogP contribution in [0.15, 0.2) is 16.9 Å². The molecule has 2 rings (SSSR count). The van der Waals surface area contributed by atoms with Crippen LogP contribution in [0.4, 0.5) is 11.6 Å². The minimum Gasteiger partial charge on any atom is -0.369 e. The summed E-state index contributed by atoms with van der Waals surface area (Å²) in [4.78, 5) is 12.6. The summed E-state index contributed by atoms with van der Waals surface area (Å²) < 4.78 is 4.91. The lowest BCUT2D eigenvalue weighted by atomic mass is 10.3. The van der Waals surface area contributed by atoms with Crippen molar-refractivity contribution in [3.05, 3.63) is 24.1 Å². The van der Waals surface area contributed by atoms with Crippen LogP contribution in [0.3, 0.4) is 0 Å². The highest BCUT2D eigenvalue weighted by atomic mass is 16.5. The summed E-state index contributed by atoms with van der Waals surface area (Å²) in [6.45, 7) is 2.73. The minimum atomic E-state index is 0.590. The number of anilines is 2. The molecule has 0 saturated carbocycles. The zero-order chi connectivity index (χ0) is 13.5. The third kappa shape index (κ3) is 3.88. The van der Waals surface area contributed by atoms with Crippen molar-refractivity contribution in [1.82, 2.24) is 20.1 Å². The number of hydrogen-bond donors (Lipinski definition) is 3. The maximum Gasteiger partial charge on any atom is 0.228 e. The van der Waals surface area contributed by atoms with Gasteiger partial charge in [0.05, 0.1) is 0 Å². The summed E-state index contributed by atoms with van der Waals surface area (Å²) in [6.07, 6.45) is 3.82. The predicted molar refractivity (Wildman–Crippen MR) is 70.3 cm³/mol. The number of hydrogen-bond acceptors (Lipinski definition) is 8. The van der Waals surface area contributed by atoms with Gasteiger partial charge < -0.3 is 15.3 Å². The lowest BCUT2D eigenvalue weighted by Crippen LogP contribution is -2.13. The topological polar surface area (TPSA) is 115 Å². The first kappa shape index (κ1) is 13.2. The van der Waals surface area contributed by atoms with Gasteiger partial charge in [-0.2, -0.15) is 4.98 Å². The van der Waals surface area contributed by atoms with Gasteiger partial charge >= 0.3 is 0 Å². The molecule has 2 aromatic rings. The fraction of sp³-hybridized carbons (Fsp3) is 0.455. The molecule has 0 amide bonds. The monoisotopic (exact) mass is 263 g/mol. The van der Waals surface area contributed by atoms with E-state index in [1.807, 2.05) is 0 Å². The lowest BCUT2D eigenvalue weighted by molar-refractivity contribution is 0.379. The molecule has 102 valence electrons. The highest BCUT2D eigenvalue weighted by Crippen LogP contribution is 2.11. The van der Waals surface area contributed by atoms with Crippen molar-refractivity contribution in [2.45, 2.75) is 26.2 Å². The average molecular weight is 263 g/mol. The Balaban J connectivity index is 1.96. The van der Waals surface area contributed by atoms with Crippen LogP contribution >= 0.6 is 0 Å². The van der Waals surface area contributed by atoms with Crippen LogP contribution in [-0.2, 0) is 12.8 Å². The van der Waals surface area contributed by atoms with Gasteiger partial charge in [-0.05, 0) is 6.42 Å². The number of nitrogens with one attached hydrogen (secondary N) is 2. The van der Waals surface area contributed by atoms with Gasteiger partial charge in [-0.25, -0.2) is 15.8 Å². The number of nitrogens with two attached hydrogens (primary N) is 1. The van der Waals surface area contributed by atoms with Gasteiger partial charge in [-0.3, -0.25) is 0 Å². The Morgan fingerprint density at radius 1 is 1.26 bits per heavy atom. The van der Waals surface area contributed by atoms with E-state index in [-0.39, 0.29) is 0 Å². The molecule has 0 fully saturated rings. The maximum absolute atomic E-state index is 5.39. The Morgan fingerprint density at radius 3 is 2.79 bits per heavy atom. The summed E-state index contributed by atoms with van der Waals surface area (Å²) in [5.41, 5.74) is 2.54. The van der Waals surface area contributed by atoms with Crippen LogP contribution in [0, 0.1) is 0 Å². The fourth-order valence-electron chi connectivity index (χ4n) is 1.60. The average Bonchev–Trinajstić information content (AvgIpc) is 2.92. The van der Waals surface area contributed by atoms with Crippen LogP contribution in [0.2, 0.25) is 0 Å². The normalized spacial score (nSPS) is 10.4. The van der Waals surface area contributed by atoms with E-state index in [1.54, 1.807) is 6.07 Å². The number of aryl methyl sites for hydroxylation is 1. The van der Waals surface area contributed by atoms with Crippen LogP contribution in [-0.4, -0.2) is 26.7 Å². The Hall–Kier alpha value is -2.22. The van der Waals surface area contributed by atoms with Crippen LogP contribution in [0.5, 0.6) is 0 Å². The van der Waals surface area contributed by atoms with Crippen molar-refractivity contribution < 1.29 is 4.52 Å². The lowest BCUT2D eigenvalue weighted by Gasteiger charge is -2.08. The van der Waals surface area contributed by atoms with Gasteiger partial charge in [-0.15, -0.1) is 0 Å². The first-order valence-electron chi connectivity index (χ1n) is 6.15. The molecule has 4 N–H and O–H groups in total. The molecule has 2 aromatic heterocycles. The van der Waals surface area contributed by atoms with Crippen LogP contribution in [0.1, 0.15) is 25.1 Å². The van der Waals surface area contributed by atoms with E-state index in [1.165, 1.54) is 6.33 Å². The van der Waals surface area contributed by atoms with Crippen molar-refractivity contribution in [3.8, 4) is 0 Å². The molecular weight excluding hydrogens is 246 g/mol. The Bertz CT molecular complexity index is 500. The van der Waals surface area contributed by atoms with E-state index < -0.39 is 0 Å². The summed E-state index contributed by atoms with van der Waals surface area (Å²) in [5.74, 6) is 8.06. The van der Waals surface area contributed by atoms with Gasteiger partial charge in [0.15, 0.2) is 6.33 Å². The van der Waals surface area contributed by atoms with Crippen molar-refractivity contribution in [1.29, 1.82) is 0 Å². The SMILES string of the molecule is CCCc1nc(NN)cc(NCCc2ncno2)n1. The highest BCUT2D eigenvalue weighted by Gasteiger charge is 2.04. The number of aromatic nitrogens is 4. The molecule has 0 atom stereocenters. The van der Waals surface area contributed by atoms with Gasteiger partial charge in [0.2, 0.25) is 5.89 Å². The van der Waals surface area contributed by atoms with E-state index in [4.69, 9.17) is 10.4 Å². The number of hydrazine groups is 1. The number of rotatable bonds is 7. The van der Waals surface area contributed by atoms with E-state index in [0.29, 0.717) is 24.7 Å². The van der Waals surface area contributed by atoms with Crippen LogP contribution < -0.4 is 16.6 Å². The van der Waals surface area contributed by atoms with Crippen molar-refractivity contribution >= 4 is 11.6 Å². The van der Waals surface area contributed by atoms with Crippen LogP contribution in [0.25, 0.3) is 0 Å². The molecule has 8 heteroatoms. The van der Waals surface area contributed by atoms with Crippen molar-refractivity contribution in [3.63, 3.8) is 0 Å². The molecule has 0 spiro atoms. The summed E-state index contributed by atoms with van der Waals surface area (Å²) >= 11 is 0. The Labute approximate surface area is 110 Å². The van der Waals surface area contributed by atoms with Crippen molar-refractivity contribution in [2.24, 2.45) is 5.84 Å². The second kappa shape index (κ2) is 6.64. The minimum absolute atomic E-state index is 0.590.